The van der Waals surface area contributed by atoms with Crippen LogP contribution in [-0.4, -0.2) is 61.1 Å². The number of aromatic nitrogens is 1. The first-order valence-corrected chi connectivity index (χ1v) is 8.96. The van der Waals surface area contributed by atoms with Gasteiger partial charge in [0.25, 0.3) is 0 Å². The van der Waals surface area contributed by atoms with E-state index in [4.69, 9.17) is 0 Å². The lowest BCUT2D eigenvalue weighted by Gasteiger charge is -2.34. The van der Waals surface area contributed by atoms with Crippen molar-refractivity contribution < 1.29 is 0 Å². The van der Waals surface area contributed by atoms with Crippen LogP contribution in [-0.2, 0) is 6.42 Å². The Labute approximate surface area is 138 Å². The van der Waals surface area contributed by atoms with Crippen molar-refractivity contribution in [1.82, 2.24) is 20.1 Å². The number of aryl methyl sites for hydroxylation is 1. The molecular formula is C19H28N4. The monoisotopic (exact) mass is 312 g/mol. The summed E-state index contributed by atoms with van der Waals surface area (Å²) in [5, 5.41) is 5.16. The summed E-state index contributed by atoms with van der Waals surface area (Å²) >= 11 is 0. The molecule has 0 saturated carbocycles. The largest absolute Gasteiger partial charge is 0.357 e. The summed E-state index contributed by atoms with van der Waals surface area (Å²) in [6.07, 6.45) is 2.34. The van der Waals surface area contributed by atoms with E-state index in [2.05, 4.69) is 52.3 Å². The average Bonchev–Trinajstić information content (AvgIpc) is 2.92. The minimum Gasteiger partial charge on any atom is -0.357 e. The first-order chi connectivity index (χ1) is 11.2. The molecular weight excluding hydrogens is 284 g/mol. The Morgan fingerprint density at radius 2 is 2.00 bits per heavy atom. The molecule has 0 amide bonds. The zero-order valence-corrected chi connectivity index (χ0v) is 14.4. The Kier molecular flexibility index (Phi) is 4.14. The third-order valence-corrected chi connectivity index (χ3v) is 5.54. The molecule has 1 aromatic heterocycles. The van der Waals surface area contributed by atoms with Crippen molar-refractivity contribution in [2.75, 3.05) is 46.3 Å². The van der Waals surface area contributed by atoms with Gasteiger partial charge in [0, 0.05) is 55.4 Å². The van der Waals surface area contributed by atoms with Crippen molar-refractivity contribution in [2.24, 2.45) is 0 Å². The van der Waals surface area contributed by atoms with Crippen LogP contribution in [0, 0.1) is 6.92 Å². The fourth-order valence-corrected chi connectivity index (χ4v) is 4.06. The molecule has 124 valence electrons. The second-order valence-electron chi connectivity index (χ2n) is 7.26. The molecule has 2 N–H and O–H groups in total. The highest BCUT2D eigenvalue weighted by Gasteiger charge is 2.24. The SMILES string of the molecule is Cc1ccc2c3c([nH]c2c1)[C@H](CCN1CCN(C)CC1)NCC3. The van der Waals surface area contributed by atoms with Crippen LogP contribution >= 0.6 is 0 Å². The van der Waals surface area contributed by atoms with E-state index in [0.29, 0.717) is 6.04 Å². The topological polar surface area (TPSA) is 34.3 Å². The maximum absolute atomic E-state index is 3.73. The predicted octanol–water partition coefficient (Wildman–Crippen LogP) is 2.30. The van der Waals surface area contributed by atoms with Crippen LogP contribution in [0.4, 0.5) is 0 Å². The van der Waals surface area contributed by atoms with Crippen molar-refractivity contribution >= 4 is 10.9 Å². The van der Waals surface area contributed by atoms with Gasteiger partial charge in [0.2, 0.25) is 0 Å². The number of likely N-dealkylation sites (N-methyl/N-ethyl adjacent to an activating group) is 1. The van der Waals surface area contributed by atoms with Crippen molar-refractivity contribution in [3.8, 4) is 0 Å². The van der Waals surface area contributed by atoms with Crippen molar-refractivity contribution in [1.29, 1.82) is 0 Å². The smallest absolute Gasteiger partial charge is 0.0488 e. The van der Waals surface area contributed by atoms with Gasteiger partial charge in [0.1, 0.15) is 0 Å². The fraction of sp³-hybridized carbons (Fsp3) is 0.579. The number of H-pyrrole nitrogens is 1. The van der Waals surface area contributed by atoms with Crippen LogP contribution in [0.25, 0.3) is 10.9 Å². The number of piperazine rings is 1. The van der Waals surface area contributed by atoms with E-state index < -0.39 is 0 Å². The molecule has 2 aliphatic rings. The van der Waals surface area contributed by atoms with E-state index in [0.717, 1.165) is 13.0 Å². The lowest BCUT2D eigenvalue weighted by atomic mass is 9.97. The molecule has 4 nitrogen and oxygen atoms in total. The molecule has 1 fully saturated rings. The lowest BCUT2D eigenvalue weighted by Crippen LogP contribution is -2.45. The zero-order valence-electron chi connectivity index (χ0n) is 14.4. The summed E-state index contributed by atoms with van der Waals surface area (Å²) in [5.41, 5.74) is 5.62. The van der Waals surface area contributed by atoms with Crippen molar-refractivity contribution in [2.45, 2.75) is 25.8 Å². The van der Waals surface area contributed by atoms with Gasteiger partial charge in [-0.2, -0.15) is 0 Å². The molecule has 0 spiro atoms. The Bertz CT molecular complexity index is 682. The van der Waals surface area contributed by atoms with Crippen LogP contribution in [0.2, 0.25) is 0 Å². The molecule has 1 saturated heterocycles. The molecule has 1 atom stereocenters. The van der Waals surface area contributed by atoms with E-state index in [-0.39, 0.29) is 0 Å². The van der Waals surface area contributed by atoms with E-state index in [1.165, 1.54) is 61.3 Å². The Hall–Kier alpha value is -1.36. The maximum atomic E-state index is 3.73. The molecule has 0 bridgehead atoms. The molecule has 0 unspecified atom stereocenters. The Morgan fingerprint density at radius 1 is 1.17 bits per heavy atom. The summed E-state index contributed by atoms with van der Waals surface area (Å²) < 4.78 is 0. The van der Waals surface area contributed by atoms with E-state index >= 15 is 0 Å². The predicted molar refractivity (Wildman–Crippen MR) is 96.0 cm³/mol. The molecule has 23 heavy (non-hydrogen) atoms. The summed E-state index contributed by atoms with van der Waals surface area (Å²) in [4.78, 5) is 8.75. The van der Waals surface area contributed by atoms with Crippen LogP contribution in [0.15, 0.2) is 18.2 Å². The van der Waals surface area contributed by atoms with Gasteiger partial charge in [-0.15, -0.1) is 0 Å². The van der Waals surface area contributed by atoms with Crippen LogP contribution in [0.3, 0.4) is 0 Å². The van der Waals surface area contributed by atoms with Gasteiger partial charge in [-0.25, -0.2) is 0 Å². The quantitative estimate of drug-likeness (QED) is 0.913. The van der Waals surface area contributed by atoms with Gasteiger partial charge >= 0.3 is 0 Å². The summed E-state index contributed by atoms with van der Waals surface area (Å²) in [6, 6.07) is 7.29. The molecule has 0 radical (unpaired) electrons. The fourth-order valence-electron chi connectivity index (χ4n) is 4.06. The highest BCUT2D eigenvalue weighted by Crippen LogP contribution is 2.32. The molecule has 2 aliphatic heterocycles. The molecule has 4 heteroatoms. The van der Waals surface area contributed by atoms with Gasteiger partial charge in [-0.05, 0) is 50.6 Å². The van der Waals surface area contributed by atoms with E-state index in [1.807, 2.05) is 0 Å². The standard InChI is InChI=1S/C19H28N4/c1-14-3-4-15-16-5-7-20-17(19(16)21-18(15)13-14)6-8-23-11-9-22(2)10-12-23/h3-4,13,17,20-21H,5-12H2,1-2H3/t17-/m0/s1. The first-order valence-electron chi connectivity index (χ1n) is 8.96. The second-order valence-corrected chi connectivity index (χ2v) is 7.26. The highest BCUT2D eigenvalue weighted by atomic mass is 15.2. The lowest BCUT2D eigenvalue weighted by molar-refractivity contribution is 0.148. The Balaban J connectivity index is 1.50. The van der Waals surface area contributed by atoms with Crippen molar-refractivity contribution in [3.05, 3.63) is 35.0 Å². The number of nitrogens with one attached hydrogen (secondary N) is 2. The molecule has 0 aliphatic carbocycles. The van der Waals surface area contributed by atoms with Crippen LogP contribution < -0.4 is 5.32 Å². The molecule has 3 heterocycles. The third-order valence-electron chi connectivity index (χ3n) is 5.54. The molecule has 4 rings (SSSR count). The number of hydrogen-bond acceptors (Lipinski definition) is 3. The number of rotatable bonds is 3. The normalized spacial score (nSPS) is 23.3. The number of fused-ring (bicyclic) bond motifs is 3. The number of nitrogens with zero attached hydrogens (tertiary/aromatic N) is 2. The minimum absolute atomic E-state index is 0.478. The van der Waals surface area contributed by atoms with Gasteiger partial charge in [0.15, 0.2) is 0 Å². The second kappa shape index (κ2) is 6.27. The number of hydrogen-bond donors (Lipinski definition) is 2. The van der Waals surface area contributed by atoms with Crippen LogP contribution in [0.1, 0.15) is 29.3 Å². The van der Waals surface area contributed by atoms with E-state index in [9.17, 15) is 0 Å². The van der Waals surface area contributed by atoms with Gasteiger partial charge in [-0.3, -0.25) is 0 Å². The zero-order chi connectivity index (χ0) is 15.8. The summed E-state index contributed by atoms with van der Waals surface area (Å²) in [7, 11) is 2.22. The summed E-state index contributed by atoms with van der Waals surface area (Å²) in [6.45, 7) is 9.29. The van der Waals surface area contributed by atoms with Gasteiger partial charge < -0.3 is 20.1 Å². The molecule has 2 aromatic rings. The third kappa shape index (κ3) is 3.03. The van der Waals surface area contributed by atoms with Crippen molar-refractivity contribution in [3.63, 3.8) is 0 Å². The first kappa shape index (κ1) is 15.2. The number of benzene rings is 1. The molecule has 1 aromatic carbocycles. The van der Waals surface area contributed by atoms with Crippen LogP contribution in [0.5, 0.6) is 0 Å². The van der Waals surface area contributed by atoms with E-state index in [1.54, 1.807) is 5.56 Å². The minimum atomic E-state index is 0.478. The van der Waals surface area contributed by atoms with Gasteiger partial charge in [0.05, 0.1) is 0 Å². The average molecular weight is 312 g/mol. The maximum Gasteiger partial charge on any atom is 0.0488 e. The van der Waals surface area contributed by atoms with Gasteiger partial charge in [-0.1, -0.05) is 12.1 Å². The highest BCUT2D eigenvalue weighted by molar-refractivity contribution is 5.85. The number of aromatic amines is 1. The summed E-state index contributed by atoms with van der Waals surface area (Å²) in [5.74, 6) is 0. The Morgan fingerprint density at radius 3 is 2.83 bits per heavy atom.